The van der Waals surface area contributed by atoms with Gasteiger partial charge in [-0.25, -0.2) is 0 Å². The molecule has 2 aromatic carbocycles. The van der Waals surface area contributed by atoms with Crippen LogP contribution in [0.4, 0.5) is 0 Å². The van der Waals surface area contributed by atoms with Crippen LogP contribution in [-0.4, -0.2) is 6.10 Å². The van der Waals surface area contributed by atoms with Gasteiger partial charge in [0.2, 0.25) is 0 Å². The normalized spacial score (nSPS) is 12.5. The van der Waals surface area contributed by atoms with Gasteiger partial charge in [0.1, 0.15) is 5.75 Å². The number of ether oxygens (including phenoxy) is 1. The summed E-state index contributed by atoms with van der Waals surface area (Å²) in [7, 11) is 0. The first-order valence-electron chi connectivity index (χ1n) is 6.33. The summed E-state index contributed by atoms with van der Waals surface area (Å²) >= 11 is 9.69. The molecule has 0 aliphatic rings. The highest BCUT2D eigenvalue weighted by molar-refractivity contribution is 14.1. The van der Waals surface area contributed by atoms with E-state index in [0.29, 0.717) is 0 Å². The van der Waals surface area contributed by atoms with Gasteiger partial charge in [-0.05, 0) is 77.9 Å². The van der Waals surface area contributed by atoms with Crippen LogP contribution in [0.15, 0.2) is 46.9 Å². The topological polar surface area (TPSA) is 9.23 Å². The second kappa shape index (κ2) is 7.27. The zero-order valence-electron chi connectivity index (χ0n) is 11.2. The Bertz CT molecular complexity index is 582. The molecule has 0 radical (unpaired) electrons. The molecule has 4 heteroatoms. The third-order valence-electron chi connectivity index (χ3n) is 2.78. The van der Waals surface area contributed by atoms with E-state index in [-0.39, 0.29) is 10.9 Å². The van der Waals surface area contributed by atoms with Gasteiger partial charge in [0.15, 0.2) is 0 Å². The molecule has 0 aliphatic heterocycles. The largest absolute Gasteiger partial charge is 0.491 e. The molecule has 0 amide bonds. The first kappa shape index (κ1) is 16.3. The summed E-state index contributed by atoms with van der Waals surface area (Å²) in [6.45, 7) is 4.07. The van der Waals surface area contributed by atoms with Gasteiger partial charge in [0, 0.05) is 8.04 Å². The summed E-state index contributed by atoms with van der Waals surface area (Å²) in [5, 5.41) is 0. The lowest BCUT2D eigenvalue weighted by atomic mass is 10.0. The van der Waals surface area contributed by atoms with Crippen LogP contribution in [0.1, 0.15) is 29.8 Å². The Labute approximate surface area is 150 Å². The van der Waals surface area contributed by atoms with Crippen LogP contribution in [0.25, 0.3) is 0 Å². The second-order valence-corrected chi connectivity index (χ2v) is 7.76. The van der Waals surface area contributed by atoms with Gasteiger partial charge in [0.25, 0.3) is 0 Å². The molecule has 20 heavy (non-hydrogen) atoms. The fraction of sp³-hybridized carbons (Fsp3) is 0.250. The average molecular weight is 510 g/mol. The molecule has 0 aromatic heterocycles. The van der Waals surface area contributed by atoms with Crippen molar-refractivity contribution in [3.63, 3.8) is 0 Å². The third-order valence-corrected chi connectivity index (χ3v) is 5.27. The highest BCUT2D eigenvalue weighted by Crippen LogP contribution is 2.35. The van der Waals surface area contributed by atoms with Crippen LogP contribution in [-0.2, 0) is 0 Å². The Morgan fingerprint density at radius 2 is 1.70 bits per heavy atom. The van der Waals surface area contributed by atoms with Crippen molar-refractivity contribution in [1.29, 1.82) is 0 Å². The predicted molar refractivity (Wildman–Crippen MR) is 99.8 cm³/mol. The quantitative estimate of drug-likeness (QED) is 0.346. The van der Waals surface area contributed by atoms with Gasteiger partial charge < -0.3 is 4.74 Å². The molecule has 0 N–H and O–H groups in total. The van der Waals surface area contributed by atoms with E-state index in [9.17, 15) is 0 Å². The summed E-state index contributed by atoms with van der Waals surface area (Å²) in [5.41, 5.74) is 2.48. The second-order valence-electron chi connectivity index (χ2n) is 4.76. The molecule has 0 heterocycles. The fourth-order valence-electron chi connectivity index (χ4n) is 1.88. The van der Waals surface area contributed by atoms with Crippen LogP contribution in [0.2, 0.25) is 0 Å². The van der Waals surface area contributed by atoms with E-state index >= 15 is 0 Å². The minimum Gasteiger partial charge on any atom is -0.491 e. The lowest BCUT2D eigenvalue weighted by Crippen LogP contribution is -2.05. The maximum Gasteiger partial charge on any atom is 0.119 e. The maximum atomic E-state index is 5.67. The average Bonchev–Trinajstić information content (AvgIpc) is 2.41. The fourth-order valence-corrected chi connectivity index (χ4v) is 4.01. The van der Waals surface area contributed by atoms with Gasteiger partial charge in [-0.1, -0.05) is 44.0 Å². The molecule has 106 valence electrons. The first-order valence-corrected chi connectivity index (χ1v) is 9.11. The lowest BCUT2D eigenvalue weighted by Gasteiger charge is -2.15. The van der Waals surface area contributed by atoms with E-state index < -0.39 is 0 Å². The summed E-state index contributed by atoms with van der Waals surface area (Å²) in [4.78, 5) is 0.181. The molecule has 1 nitrogen and oxygen atoms in total. The van der Waals surface area contributed by atoms with Gasteiger partial charge >= 0.3 is 0 Å². The van der Waals surface area contributed by atoms with Crippen LogP contribution in [0, 0.1) is 3.57 Å². The van der Waals surface area contributed by atoms with E-state index in [1.807, 2.05) is 26.0 Å². The molecular weight excluding hydrogens is 495 g/mol. The Balaban J connectivity index is 2.24. The molecule has 0 saturated heterocycles. The van der Waals surface area contributed by atoms with Gasteiger partial charge in [-0.2, -0.15) is 0 Å². The highest BCUT2D eigenvalue weighted by atomic mass is 127. The molecule has 2 aromatic rings. The first-order chi connectivity index (χ1) is 9.47. The molecule has 1 atom stereocenters. The van der Waals surface area contributed by atoms with Crippen LogP contribution >= 0.6 is 54.5 Å². The lowest BCUT2D eigenvalue weighted by molar-refractivity contribution is 0.242. The Hall–Kier alpha value is -0.0700. The molecule has 0 bridgehead atoms. The Morgan fingerprint density at radius 1 is 1.05 bits per heavy atom. The van der Waals surface area contributed by atoms with Crippen molar-refractivity contribution in [3.05, 3.63) is 61.6 Å². The zero-order valence-corrected chi connectivity index (χ0v) is 16.6. The molecule has 1 unspecified atom stereocenters. The SMILES string of the molecule is CC(C)Oc1ccc(C(Br)c2cc(Br)ccc2I)cc1. The highest BCUT2D eigenvalue weighted by Gasteiger charge is 2.14. The van der Waals surface area contributed by atoms with Crippen molar-refractivity contribution < 1.29 is 4.74 Å². The summed E-state index contributed by atoms with van der Waals surface area (Å²) in [6, 6.07) is 14.6. The van der Waals surface area contributed by atoms with Crippen molar-refractivity contribution in [3.8, 4) is 5.75 Å². The minimum atomic E-state index is 0.181. The minimum absolute atomic E-state index is 0.181. The molecular formula is C16H15Br2IO. The van der Waals surface area contributed by atoms with Gasteiger partial charge in [0.05, 0.1) is 10.9 Å². The summed E-state index contributed by atoms with van der Waals surface area (Å²) in [5.74, 6) is 0.910. The predicted octanol–water partition coefficient (Wildman–Crippen LogP) is 6.33. The van der Waals surface area contributed by atoms with Crippen molar-refractivity contribution in [2.24, 2.45) is 0 Å². The molecule has 0 aliphatic carbocycles. The van der Waals surface area contributed by atoms with Crippen molar-refractivity contribution in [1.82, 2.24) is 0 Å². The van der Waals surface area contributed by atoms with Gasteiger partial charge in [-0.15, -0.1) is 0 Å². The number of hydrogen-bond donors (Lipinski definition) is 0. The van der Waals surface area contributed by atoms with E-state index in [0.717, 1.165) is 10.2 Å². The Morgan fingerprint density at radius 3 is 2.30 bits per heavy atom. The number of halogens is 3. The smallest absolute Gasteiger partial charge is 0.119 e. The molecule has 2 rings (SSSR count). The van der Waals surface area contributed by atoms with Crippen LogP contribution in [0.5, 0.6) is 5.75 Å². The van der Waals surface area contributed by atoms with Crippen molar-refractivity contribution >= 4 is 54.5 Å². The van der Waals surface area contributed by atoms with Crippen molar-refractivity contribution in [2.45, 2.75) is 24.8 Å². The van der Waals surface area contributed by atoms with Crippen LogP contribution < -0.4 is 4.74 Å². The molecule has 0 saturated carbocycles. The molecule has 0 fully saturated rings. The number of hydrogen-bond acceptors (Lipinski definition) is 1. The molecule has 0 spiro atoms. The number of rotatable bonds is 4. The number of alkyl halides is 1. The summed E-state index contributed by atoms with van der Waals surface area (Å²) < 4.78 is 8.01. The van der Waals surface area contributed by atoms with Gasteiger partial charge in [-0.3, -0.25) is 0 Å². The van der Waals surface area contributed by atoms with E-state index in [1.165, 1.54) is 14.7 Å². The monoisotopic (exact) mass is 508 g/mol. The zero-order chi connectivity index (χ0) is 14.7. The van der Waals surface area contributed by atoms with E-state index in [1.54, 1.807) is 0 Å². The van der Waals surface area contributed by atoms with Crippen LogP contribution in [0.3, 0.4) is 0 Å². The number of benzene rings is 2. The summed E-state index contributed by atoms with van der Waals surface area (Å²) in [6.07, 6.45) is 0.201. The maximum absolute atomic E-state index is 5.67. The van der Waals surface area contributed by atoms with Crippen molar-refractivity contribution in [2.75, 3.05) is 0 Å². The standard InChI is InChI=1S/C16H15Br2IO/c1-10(2)20-13-6-3-11(4-7-13)16(18)14-9-12(17)5-8-15(14)19/h3-10,16H,1-2H3. The van der Waals surface area contributed by atoms with E-state index in [4.69, 9.17) is 4.74 Å². The van der Waals surface area contributed by atoms with E-state index in [2.05, 4.69) is 84.8 Å². The Kier molecular flexibility index (Phi) is 5.93. The third kappa shape index (κ3) is 4.21.